The van der Waals surface area contributed by atoms with Gasteiger partial charge in [0.2, 0.25) is 0 Å². The van der Waals surface area contributed by atoms with Crippen LogP contribution in [0.2, 0.25) is 5.02 Å². The summed E-state index contributed by atoms with van der Waals surface area (Å²) in [7, 11) is -5.50. The van der Waals surface area contributed by atoms with E-state index in [4.69, 9.17) is 11.6 Å². The van der Waals surface area contributed by atoms with E-state index in [0.717, 1.165) is 12.1 Å². The van der Waals surface area contributed by atoms with Crippen molar-refractivity contribution in [3.05, 3.63) is 28.8 Å². The molecule has 2 nitrogen and oxygen atoms in total. The number of benzene rings is 1. The monoisotopic (exact) mass is 262 g/mol. The Bertz CT molecular complexity index is 480. The average Bonchev–Trinajstić information content (AvgIpc) is 1.99. The number of hydrogen-bond donors (Lipinski definition) is 0. The Kier molecular flexibility index (Phi) is 2.97. The van der Waals surface area contributed by atoms with E-state index < -0.39 is 31.9 Å². The van der Waals surface area contributed by atoms with E-state index in [1.807, 2.05) is 0 Å². The predicted molar refractivity (Wildman–Crippen MR) is 44.7 cm³/mol. The minimum atomic E-state index is -5.50. The van der Waals surface area contributed by atoms with Crippen molar-refractivity contribution in [2.24, 2.45) is 0 Å². The molecule has 0 aromatic heterocycles. The van der Waals surface area contributed by atoms with Crippen molar-refractivity contribution in [2.45, 2.75) is 11.1 Å². The summed E-state index contributed by atoms with van der Waals surface area (Å²) in [6, 6.07) is 2.20. The second-order valence-corrected chi connectivity index (χ2v) is 4.24. The van der Waals surface area contributed by atoms with Crippen LogP contribution in [0.25, 0.3) is 0 Å². The lowest BCUT2D eigenvalue weighted by atomic mass is 10.2. The summed E-state index contributed by atoms with van der Waals surface area (Å²) in [5.74, 6) is 0. The van der Waals surface area contributed by atoms with Crippen LogP contribution in [0.3, 0.4) is 0 Å². The molecule has 1 aromatic carbocycles. The Morgan fingerprint density at radius 1 is 1.20 bits per heavy atom. The van der Waals surface area contributed by atoms with Gasteiger partial charge in [0.1, 0.15) is 4.90 Å². The molecule has 0 saturated heterocycles. The zero-order valence-electron chi connectivity index (χ0n) is 6.85. The van der Waals surface area contributed by atoms with Gasteiger partial charge in [0, 0.05) is 0 Å². The SMILES string of the molecule is O=S(=O)(F)c1c(Cl)cccc1C(F)(F)F. The molecule has 84 valence electrons. The summed E-state index contributed by atoms with van der Waals surface area (Å²) in [6.07, 6.45) is -4.97. The van der Waals surface area contributed by atoms with Gasteiger partial charge < -0.3 is 0 Å². The van der Waals surface area contributed by atoms with E-state index >= 15 is 0 Å². The lowest BCUT2D eigenvalue weighted by Gasteiger charge is -2.10. The van der Waals surface area contributed by atoms with Crippen LogP contribution in [0, 0.1) is 0 Å². The Hall–Kier alpha value is -0.820. The fraction of sp³-hybridized carbons (Fsp3) is 0.143. The van der Waals surface area contributed by atoms with Crippen molar-refractivity contribution in [2.75, 3.05) is 0 Å². The maximum Gasteiger partial charge on any atom is 0.417 e. The molecule has 1 aromatic rings. The molecule has 0 aliphatic carbocycles. The van der Waals surface area contributed by atoms with E-state index in [2.05, 4.69) is 0 Å². The van der Waals surface area contributed by atoms with E-state index in [9.17, 15) is 25.5 Å². The fourth-order valence-electron chi connectivity index (χ4n) is 0.980. The number of halogens is 5. The minimum Gasteiger partial charge on any atom is -0.189 e. The van der Waals surface area contributed by atoms with Gasteiger partial charge in [0.15, 0.2) is 0 Å². The third-order valence-electron chi connectivity index (χ3n) is 1.52. The lowest BCUT2D eigenvalue weighted by molar-refractivity contribution is -0.139. The van der Waals surface area contributed by atoms with Crippen LogP contribution in [0.15, 0.2) is 23.1 Å². The predicted octanol–water partition coefficient (Wildman–Crippen LogP) is 3.02. The molecule has 0 radical (unpaired) electrons. The topological polar surface area (TPSA) is 34.1 Å². The molecular formula is C7H3ClF4O2S. The van der Waals surface area contributed by atoms with Crippen LogP contribution in [-0.4, -0.2) is 8.42 Å². The fourth-order valence-corrected chi connectivity index (χ4v) is 2.18. The molecule has 0 N–H and O–H groups in total. The van der Waals surface area contributed by atoms with Gasteiger partial charge in [0.25, 0.3) is 0 Å². The Labute approximate surface area is 87.7 Å². The molecule has 15 heavy (non-hydrogen) atoms. The summed E-state index contributed by atoms with van der Waals surface area (Å²) in [5.41, 5.74) is -1.61. The first-order valence-corrected chi connectivity index (χ1v) is 5.20. The normalized spacial score (nSPS) is 12.9. The Morgan fingerprint density at radius 3 is 2.07 bits per heavy atom. The first-order chi connectivity index (χ1) is 6.64. The van der Waals surface area contributed by atoms with Gasteiger partial charge in [-0.15, -0.1) is 3.89 Å². The third kappa shape index (κ3) is 2.60. The molecule has 1 rings (SSSR count). The molecule has 0 spiro atoms. The molecule has 0 fully saturated rings. The van der Waals surface area contributed by atoms with Crippen molar-refractivity contribution in [1.29, 1.82) is 0 Å². The van der Waals surface area contributed by atoms with E-state index in [1.165, 1.54) is 0 Å². The van der Waals surface area contributed by atoms with Crippen LogP contribution in [0.4, 0.5) is 17.1 Å². The third-order valence-corrected chi connectivity index (χ3v) is 2.87. The van der Waals surface area contributed by atoms with Crippen molar-refractivity contribution in [3.8, 4) is 0 Å². The summed E-state index contributed by atoms with van der Waals surface area (Å²) >= 11 is 5.20. The van der Waals surface area contributed by atoms with E-state index in [1.54, 1.807) is 0 Å². The maximum atomic E-state index is 12.6. The standard InChI is InChI=1S/C7H3ClF4O2S/c8-5-3-1-2-4(7(9,10)11)6(5)15(12,13)14/h1-3H. The zero-order chi connectivity index (χ0) is 11.9. The van der Waals surface area contributed by atoms with Gasteiger partial charge in [-0.3, -0.25) is 0 Å². The van der Waals surface area contributed by atoms with Gasteiger partial charge in [-0.05, 0) is 12.1 Å². The van der Waals surface area contributed by atoms with E-state index in [-0.39, 0.29) is 0 Å². The second-order valence-electron chi connectivity index (χ2n) is 2.55. The minimum absolute atomic E-state index is 0.443. The van der Waals surface area contributed by atoms with Gasteiger partial charge in [-0.25, -0.2) is 0 Å². The molecule has 0 unspecified atom stereocenters. The second kappa shape index (κ2) is 3.64. The van der Waals surface area contributed by atoms with Crippen LogP contribution in [0.1, 0.15) is 5.56 Å². The Balaban J connectivity index is 3.63. The molecule has 0 bridgehead atoms. The largest absolute Gasteiger partial charge is 0.417 e. The van der Waals surface area contributed by atoms with Gasteiger partial charge in [-0.1, -0.05) is 17.7 Å². The molecule has 8 heteroatoms. The maximum absolute atomic E-state index is 12.6. The molecule has 0 saturated carbocycles. The zero-order valence-corrected chi connectivity index (χ0v) is 8.42. The highest BCUT2D eigenvalue weighted by atomic mass is 35.5. The van der Waals surface area contributed by atoms with Gasteiger partial charge in [-0.2, -0.15) is 21.6 Å². The van der Waals surface area contributed by atoms with Crippen LogP contribution in [0.5, 0.6) is 0 Å². The molecule has 0 aliphatic heterocycles. The molecule has 0 aliphatic rings. The molecular weight excluding hydrogens is 260 g/mol. The summed E-state index contributed by atoms with van der Waals surface area (Å²) in [4.78, 5) is -1.54. The van der Waals surface area contributed by atoms with Crippen molar-refractivity contribution in [3.63, 3.8) is 0 Å². The number of alkyl halides is 3. The molecule has 0 atom stereocenters. The average molecular weight is 263 g/mol. The summed E-state index contributed by atoms with van der Waals surface area (Å²) < 4.78 is 70.3. The summed E-state index contributed by atoms with van der Waals surface area (Å²) in [5, 5.41) is -0.799. The Morgan fingerprint density at radius 2 is 1.73 bits per heavy atom. The number of rotatable bonds is 1. The number of hydrogen-bond acceptors (Lipinski definition) is 2. The van der Waals surface area contributed by atoms with Crippen molar-refractivity contribution < 1.29 is 25.5 Å². The highest BCUT2D eigenvalue weighted by molar-refractivity contribution is 7.86. The molecule has 0 heterocycles. The van der Waals surface area contributed by atoms with Crippen LogP contribution in [-0.2, 0) is 16.4 Å². The van der Waals surface area contributed by atoms with Gasteiger partial charge >= 0.3 is 16.4 Å². The van der Waals surface area contributed by atoms with Crippen LogP contribution >= 0.6 is 11.6 Å². The molecule has 0 amide bonds. The highest BCUT2D eigenvalue weighted by Gasteiger charge is 2.38. The van der Waals surface area contributed by atoms with Crippen LogP contribution < -0.4 is 0 Å². The van der Waals surface area contributed by atoms with Crippen molar-refractivity contribution >= 4 is 21.8 Å². The first-order valence-electron chi connectivity index (χ1n) is 3.44. The van der Waals surface area contributed by atoms with Gasteiger partial charge in [0.05, 0.1) is 10.6 Å². The van der Waals surface area contributed by atoms with E-state index in [0.29, 0.717) is 6.07 Å². The summed E-state index contributed by atoms with van der Waals surface area (Å²) in [6.45, 7) is 0. The van der Waals surface area contributed by atoms with Crippen molar-refractivity contribution in [1.82, 2.24) is 0 Å². The first kappa shape index (κ1) is 12.3. The smallest absolute Gasteiger partial charge is 0.189 e. The lowest BCUT2D eigenvalue weighted by Crippen LogP contribution is -2.11. The quantitative estimate of drug-likeness (QED) is 0.576. The highest BCUT2D eigenvalue weighted by Crippen LogP contribution is 2.38.